The molecule has 2 aromatic carbocycles. The molecule has 0 N–H and O–H groups in total. The fourth-order valence-electron chi connectivity index (χ4n) is 2.36. The molecule has 2 heterocycles. The number of aryl methyl sites for hydroxylation is 1. The maximum absolute atomic E-state index is 12.5. The average molecular weight is 319 g/mol. The Hall–Kier alpha value is -2.79. The number of hydrogen-bond acceptors (Lipinski definition) is 4. The van der Waals surface area contributed by atoms with Gasteiger partial charge in [0.05, 0.1) is 4.53 Å². The molecular weight excluding hydrogens is 306 g/mol. The third kappa shape index (κ3) is 2.55. The fraction of sp³-hybridized carbons (Fsp3) is 0.0556. The molecule has 112 valence electrons. The number of thiazole rings is 1. The standard InChI is InChI=1S/C18H13N3OS/c1-12-7-9-13(10-8-12)11-15-17(22)21-18(23-15)19-16(20-21)14-5-3-2-4-6-14/h2-11H,1H3. The van der Waals surface area contributed by atoms with Crippen molar-refractivity contribution in [3.8, 4) is 11.4 Å². The third-order valence-corrected chi connectivity index (χ3v) is 4.55. The molecule has 0 saturated carbocycles. The second kappa shape index (κ2) is 5.44. The molecule has 5 heteroatoms. The zero-order chi connectivity index (χ0) is 15.8. The molecule has 0 fully saturated rings. The molecule has 0 unspecified atom stereocenters. The molecule has 4 nitrogen and oxygen atoms in total. The van der Waals surface area contributed by atoms with Crippen LogP contribution in [0.3, 0.4) is 0 Å². The number of benzene rings is 2. The van der Waals surface area contributed by atoms with Crippen LogP contribution in [0.1, 0.15) is 11.1 Å². The Morgan fingerprint density at radius 1 is 1.04 bits per heavy atom. The molecule has 23 heavy (non-hydrogen) atoms. The van der Waals surface area contributed by atoms with E-state index in [0.717, 1.165) is 11.1 Å². The summed E-state index contributed by atoms with van der Waals surface area (Å²) >= 11 is 1.36. The highest BCUT2D eigenvalue weighted by Gasteiger charge is 2.11. The Balaban J connectivity index is 1.82. The number of nitrogens with zero attached hydrogens (tertiary/aromatic N) is 3. The first-order valence-electron chi connectivity index (χ1n) is 7.24. The van der Waals surface area contributed by atoms with E-state index in [2.05, 4.69) is 10.1 Å². The highest BCUT2D eigenvalue weighted by molar-refractivity contribution is 7.15. The van der Waals surface area contributed by atoms with E-state index in [-0.39, 0.29) is 5.56 Å². The molecule has 0 saturated heterocycles. The van der Waals surface area contributed by atoms with Gasteiger partial charge in [-0.15, -0.1) is 5.10 Å². The summed E-state index contributed by atoms with van der Waals surface area (Å²) in [5, 5.41) is 4.34. The van der Waals surface area contributed by atoms with Crippen molar-refractivity contribution in [2.24, 2.45) is 0 Å². The van der Waals surface area contributed by atoms with Gasteiger partial charge < -0.3 is 0 Å². The van der Waals surface area contributed by atoms with Crippen molar-refractivity contribution in [2.45, 2.75) is 6.92 Å². The Morgan fingerprint density at radius 2 is 1.78 bits per heavy atom. The van der Waals surface area contributed by atoms with E-state index in [1.807, 2.05) is 67.6 Å². The van der Waals surface area contributed by atoms with Crippen LogP contribution in [0.2, 0.25) is 0 Å². The highest BCUT2D eigenvalue weighted by atomic mass is 32.1. The minimum atomic E-state index is -0.125. The number of fused-ring (bicyclic) bond motifs is 1. The van der Waals surface area contributed by atoms with E-state index in [9.17, 15) is 4.79 Å². The first-order chi connectivity index (χ1) is 11.2. The van der Waals surface area contributed by atoms with Crippen LogP contribution in [0, 0.1) is 6.92 Å². The van der Waals surface area contributed by atoms with Crippen LogP contribution in [0.4, 0.5) is 0 Å². The Kier molecular flexibility index (Phi) is 3.28. The van der Waals surface area contributed by atoms with E-state index < -0.39 is 0 Å². The Labute approximate surface area is 136 Å². The zero-order valence-corrected chi connectivity index (χ0v) is 13.2. The number of rotatable bonds is 2. The topological polar surface area (TPSA) is 47.3 Å². The van der Waals surface area contributed by atoms with E-state index in [0.29, 0.717) is 15.3 Å². The van der Waals surface area contributed by atoms with Gasteiger partial charge in [0.15, 0.2) is 5.82 Å². The molecule has 0 bridgehead atoms. The van der Waals surface area contributed by atoms with Gasteiger partial charge in [-0.1, -0.05) is 71.5 Å². The lowest BCUT2D eigenvalue weighted by Crippen LogP contribution is -2.23. The van der Waals surface area contributed by atoms with Gasteiger partial charge in [0.25, 0.3) is 5.56 Å². The maximum Gasteiger partial charge on any atom is 0.291 e. The molecular formula is C18H13N3OS. The molecule has 0 aliphatic heterocycles. The molecule has 0 atom stereocenters. The molecule has 0 amide bonds. The summed E-state index contributed by atoms with van der Waals surface area (Å²) in [6.07, 6.45) is 1.88. The highest BCUT2D eigenvalue weighted by Crippen LogP contribution is 2.15. The lowest BCUT2D eigenvalue weighted by atomic mass is 10.1. The minimum Gasteiger partial charge on any atom is -0.266 e. The number of hydrogen-bond donors (Lipinski definition) is 0. The molecule has 4 aromatic rings. The summed E-state index contributed by atoms with van der Waals surface area (Å²) in [7, 11) is 0. The van der Waals surface area contributed by atoms with Crippen molar-refractivity contribution in [1.29, 1.82) is 0 Å². The summed E-state index contributed by atoms with van der Waals surface area (Å²) in [5.41, 5.74) is 2.98. The largest absolute Gasteiger partial charge is 0.291 e. The predicted octanol–water partition coefficient (Wildman–Crippen LogP) is 2.67. The molecule has 0 aliphatic rings. The van der Waals surface area contributed by atoms with Gasteiger partial charge in [-0.3, -0.25) is 4.79 Å². The van der Waals surface area contributed by atoms with Gasteiger partial charge in [0, 0.05) is 5.56 Å². The smallest absolute Gasteiger partial charge is 0.266 e. The monoisotopic (exact) mass is 319 g/mol. The minimum absolute atomic E-state index is 0.125. The van der Waals surface area contributed by atoms with E-state index in [1.165, 1.54) is 21.4 Å². The van der Waals surface area contributed by atoms with Crippen molar-refractivity contribution in [1.82, 2.24) is 14.6 Å². The van der Waals surface area contributed by atoms with Gasteiger partial charge in [0.2, 0.25) is 4.96 Å². The van der Waals surface area contributed by atoms with Crippen molar-refractivity contribution in [3.63, 3.8) is 0 Å². The third-order valence-electron chi connectivity index (χ3n) is 3.59. The van der Waals surface area contributed by atoms with Crippen molar-refractivity contribution in [2.75, 3.05) is 0 Å². The predicted molar refractivity (Wildman–Crippen MR) is 92.5 cm³/mol. The molecule has 0 spiro atoms. The first-order valence-corrected chi connectivity index (χ1v) is 8.06. The SMILES string of the molecule is Cc1ccc(C=c2sc3nc(-c4ccccc4)nn3c2=O)cc1. The van der Waals surface area contributed by atoms with Gasteiger partial charge in [-0.2, -0.15) is 9.50 Å². The van der Waals surface area contributed by atoms with Crippen LogP contribution >= 0.6 is 11.3 Å². The normalized spacial score (nSPS) is 12.1. The Morgan fingerprint density at radius 3 is 2.48 bits per heavy atom. The van der Waals surface area contributed by atoms with Crippen LogP contribution in [0.15, 0.2) is 59.4 Å². The maximum atomic E-state index is 12.5. The Bertz CT molecular complexity index is 1080. The lowest BCUT2D eigenvalue weighted by Gasteiger charge is -1.93. The quantitative estimate of drug-likeness (QED) is 0.571. The molecule has 2 aromatic heterocycles. The first kappa shape index (κ1) is 13.8. The fourth-order valence-corrected chi connectivity index (χ4v) is 3.27. The van der Waals surface area contributed by atoms with Crippen molar-refractivity contribution in [3.05, 3.63) is 80.6 Å². The second-order valence-corrected chi connectivity index (χ2v) is 6.33. The van der Waals surface area contributed by atoms with Gasteiger partial charge in [-0.25, -0.2) is 0 Å². The zero-order valence-electron chi connectivity index (χ0n) is 12.4. The van der Waals surface area contributed by atoms with Gasteiger partial charge >= 0.3 is 0 Å². The van der Waals surface area contributed by atoms with Crippen LogP contribution in [0.25, 0.3) is 22.4 Å². The lowest BCUT2D eigenvalue weighted by molar-refractivity contribution is 0.937. The molecule has 0 aliphatic carbocycles. The summed E-state index contributed by atoms with van der Waals surface area (Å²) in [5.74, 6) is 0.579. The van der Waals surface area contributed by atoms with Crippen LogP contribution in [-0.4, -0.2) is 14.6 Å². The molecule has 4 rings (SSSR count). The van der Waals surface area contributed by atoms with Crippen LogP contribution in [-0.2, 0) is 0 Å². The van der Waals surface area contributed by atoms with Crippen molar-refractivity contribution >= 4 is 22.4 Å². The van der Waals surface area contributed by atoms with Crippen LogP contribution in [0.5, 0.6) is 0 Å². The summed E-state index contributed by atoms with van der Waals surface area (Å²) < 4.78 is 2.02. The van der Waals surface area contributed by atoms with Gasteiger partial charge in [-0.05, 0) is 18.6 Å². The van der Waals surface area contributed by atoms with E-state index >= 15 is 0 Å². The van der Waals surface area contributed by atoms with Crippen molar-refractivity contribution < 1.29 is 0 Å². The van der Waals surface area contributed by atoms with Crippen LogP contribution < -0.4 is 10.1 Å². The summed E-state index contributed by atoms with van der Waals surface area (Å²) in [6, 6.07) is 17.7. The summed E-state index contributed by atoms with van der Waals surface area (Å²) in [6.45, 7) is 2.04. The average Bonchev–Trinajstić information content (AvgIpc) is 3.11. The summed E-state index contributed by atoms with van der Waals surface area (Å²) in [4.78, 5) is 17.6. The molecule has 0 radical (unpaired) electrons. The second-order valence-electron chi connectivity index (χ2n) is 5.32. The number of aromatic nitrogens is 3. The van der Waals surface area contributed by atoms with E-state index in [4.69, 9.17) is 0 Å². The van der Waals surface area contributed by atoms with Gasteiger partial charge in [0.1, 0.15) is 0 Å². The van der Waals surface area contributed by atoms with E-state index in [1.54, 1.807) is 0 Å².